The van der Waals surface area contributed by atoms with Crippen LogP contribution in [-0.4, -0.2) is 35.2 Å². The summed E-state index contributed by atoms with van der Waals surface area (Å²) in [6.07, 6.45) is 8.23. The Morgan fingerprint density at radius 3 is 2.67 bits per heavy atom. The number of halogens is 1. The summed E-state index contributed by atoms with van der Waals surface area (Å²) in [4.78, 5) is 9.07. The molecule has 0 aliphatic heterocycles. The Balaban J connectivity index is 0.00000288. The number of hydrogen-bond donors (Lipinski definition) is 2. The van der Waals surface area contributed by atoms with E-state index in [1.165, 1.54) is 32.1 Å². The lowest BCUT2D eigenvalue weighted by atomic mass is 9.96. The fourth-order valence-corrected chi connectivity index (χ4v) is 2.79. The van der Waals surface area contributed by atoms with Gasteiger partial charge in [-0.3, -0.25) is 4.99 Å². The van der Waals surface area contributed by atoms with Crippen molar-refractivity contribution < 1.29 is 4.52 Å². The number of hydrogen-bond acceptors (Lipinski definition) is 4. The van der Waals surface area contributed by atoms with Gasteiger partial charge in [0.25, 0.3) is 0 Å². The van der Waals surface area contributed by atoms with Crippen LogP contribution in [0.4, 0.5) is 0 Å². The molecule has 138 valence electrons. The van der Waals surface area contributed by atoms with Gasteiger partial charge in [-0.1, -0.05) is 38.3 Å². The summed E-state index contributed by atoms with van der Waals surface area (Å²) in [5.74, 6) is 2.75. The quantitative estimate of drug-likeness (QED) is 0.288. The van der Waals surface area contributed by atoms with E-state index in [-0.39, 0.29) is 24.0 Å². The van der Waals surface area contributed by atoms with Crippen LogP contribution < -0.4 is 10.6 Å². The maximum atomic E-state index is 5.26. The summed E-state index contributed by atoms with van der Waals surface area (Å²) in [5, 5.41) is 10.9. The lowest BCUT2D eigenvalue weighted by Gasteiger charge is -2.24. The molecule has 0 atom stereocenters. The molecule has 1 heterocycles. The number of rotatable bonds is 7. The average Bonchev–Trinajstić information content (AvgIpc) is 3.02. The summed E-state index contributed by atoms with van der Waals surface area (Å²) in [7, 11) is 0. The molecule has 0 aromatic carbocycles. The molecule has 1 aliphatic rings. The van der Waals surface area contributed by atoms with Crippen molar-refractivity contribution in [3.63, 3.8) is 0 Å². The largest absolute Gasteiger partial charge is 0.357 e. The van der Waals surface area contributed by atoms with E-state index in [1.807, 2.05) is 0 Å². The Hall–Kier alpha value is -0.860. The predicted molar refractivity (Wildman–Crippen MR) is 108 cm³/mol. The molecule has 0 radical (unpaired) electrons. The first-order chi connectivity index (χ1) is 11.2. The van der Waals surface area contributed by atoms with Crippen molar-refractivity contribution in [1.29, 1.82) is 0 Å². The van der Waals surface area contributed by atoms with Crippen LogP contribution in [0.15, 0.2) is 9.52 Å². The van der Waals surface area contributed by atoms with Crippen LogP contribution >= 0.6 is 24.0 Å². The number of aryl methyl sites for hydroxylation is 1. The first kappa shape index (κ1) is 21.2. The maximum Gasteiger partial charge on any atom is 0.226 e. The zero-order valence-electron chi connectivity index (χ0n) is 15.2. The van der Waals surface area contributed by atoms with Crippen molar-refractivity contribution >= 4 is 29.9 Å². The maximum absolute atomic E-state index is 5.26. The molecule has 0 bridgehead atoms. The second-order valence-electron chi connectivity index (χ2n) is 6.54. The highest BCUT2D eigenvalue weighted by Crippen LogP contribution is 2.17. The molecule has 7 heteroatoms. The van der Waals surface area contributed by atoms with Crippen LogP contribution in [0.5, 0.6) is 0 Å². The lowest BCUT2D eigenvalue weighted by molar-refractivity contribution is 0.369. The van der Waals surface area contributed by atoms with Gasteiger partial charge in [0.15, 0.2) is 11.8 Å². The SMILES string of the molecule is CCNC(=NCCCc1nc(C(C)C)no1)NC1CCCCC1.I. The van der Waals surface area contributed by atoms with E-state index in [0.29, 0.717) is 17.9 Å². The van der Waals surface area contributed by atoms with Gasteiger partial charge in [0.1, 0.15) is 0 Å². The Kier molecular flexibility index (Phi) is 10.3. The molecule has 2 N–H and O–H groups in total. The molecule has 1 aromatic rings. The fraction of sp³-hybridized carbons (Fsp3) is 0.824. The van der Waals surface area contributed by atoms with Crippen LogP contribution in [0.2, 0.25) is 0 Å². The molecule has 0 unspecified atom stereocenters. The van der Waals surface area contributed by atoms with Gasteiger partial charge < -0.3 is 15.2 Å². The number of nitrogens with one attached hydrogen (secondary N) is 2. The summed E-state index contributed by atoms with van der Waals surface area (Å²) in [6.45, 7) is 7.89. The molecule has 2 rings (SSSR count). The number of aromatic nitrogens is 2. The van der Waals surface area contributed by atoms with Crippen molar-refractivity contribution in [2.45, 2.75) is 77.7 Å². The lowest BCUT2D eigenvalue weighted by Crippen LogP contribution is -2.44. The van der Waals surface area contributed by atoms with Crippen molar-refractivity contribution in [1.82, 2.24) is 20.8 Å². The van der Waals surface area contributed by atoms with Crippen LogP contribution in [0.25, 0.3) is 0 Å². The smallest absolute Gasteiger partial charge is 0.226 e. The molecular formula is C17H32IN5O. The van der Waals surface area contributed by atoms with E-state index in [1.54, 1.807) is 0 Å². The topological polar surface area (TPSA) is 75.3 Å². The third kappa shape index (κ3) is 7.36. The van der Waals surface area contributed by atoms with Gasteiger partial charge >= 0.3 is 0 Å². The highest BCUT2D eigenvalue weighted by molar-refractivity contribution is 14.0. The Labute approximate surface area is 162 Å². The average molecular weight is 449 g/mol. The van der Waals surface area contributed by atoms with Crippen LogP contribution in [0.1, 0.15) is 76.9 Å². The van der Waals surface area contributed by atoms with Crippen LogP contribution in [0, 0.1) is 0 Å². The minimum Gasteiger partial charge on any atom is -0.357 e. The van der Waals surface area contributed by atoms with Gasteiger partial charge in [-0.05, 0) is 26.2 Å². The van der Waals surface area contributed by atoms with Gasteiger partial charge in [-0.15, -0.1) is 24.0 Å². The molecule has 0 spiro atoms. The molecular weight excluding hydrogens is 417 g/mol. The second-order valence-corrected chi connectivity index (χ2v) is 6.54. The van der Waals surface area contributed by atoms with E-state index in [9.17, 15) is 0 Å². The van der Waals surface area contributed by atoms with E-state index in [2.05, 4.69) is 46.5 Å². The van der Waals surface area contributed by atoms with Crippen molar-refractivity contribution in [3.05, 3.63) is 11.7 Å². The molecule has 1 fully saturated rings. The molecule has 1 saturated carbocycles. The minimum absolute atomic E-state index is 0. The van der Waals surface area contributed by atoms with Gasteiger partial charge in [0.2, 0.25) is 5.89 Å². The standard InChI is InChI=1S/C17H31N5O.HI/c1-4-18-17(20-14-9-6-5-7-10-14)19-12-8-11-15-21-16(13(2)3)22-23-15;/h13-14H,4-12H2,1-3H3,(H2,18,19,20);1H. The van der Waals surface area contributed by atoms with Crippen LogP contribution in [0.3, 0.4) is 0 Å². The summed E-state index contributed by atoms with van der Waals surface area (Å²) < 4.78 is 5.26. The molecule has 24 heavy (non-hydrogen) atoms. The molecule has 1 aromatic heterocycles. The zero-order valence-corrected chi connectivity index (χ0v) is 17.5. The monoisotopic (exact) mass is 449 g/mol. The predicted octanol–water partition coefficient (Wildman–Crippen LogP) is 3.63. The number of nitrogens with zero attached hydrogens (tertiary/aromatic N) is 3. The highest BCUT2D eigenvalue weighted by atomic mass is 127. The molecule has 0 amide bonds. The zero-order chi connectivity index (χ0) is 16.5. The van der Waals surface area contributed by atoms with E-state index in [0.717, 1.165) is 37.7 Å². The van der Waals surface area contributed by atoms with Crippen molar-refractivity contribution in [2.24, 2.45) is 4.99 Å². The Morgan fingerprint density at radius 1 is 1.29 bits per heavy atom. The van der Waals surface area contributed by atoms with E-state index < -0.39 is 0 Å². The third-order valence-corrected chi connectivity index (χ3v) is 4.11. The fourth-order valence-electron chi connectivity index (χ4n) is 2.79. The number of aliphatic imine (C=N–C) groups is 1. The third-order valence-electron chi connectivity index (χ3n) is 4.11. The highest BCUT2D eigenvalue weighted by Gasteiger charge is 2.14. The van der Waals surface area contributed by atoms with Gasteiger partial charge in [-0.2, -0.15) is 4.98 Å². The summed E-state index contributed by atoms with van der Waals surface area (Å²) >= 11 is 0. The first-order valence-electron chi connectivity index (χ1n) is 9.06. The Morgan fingerprint density at radius 2 is 2.04 bits per heavy atom. The van der Waals surface area contributed by atoms with E-state index >= 15 is 0 Å². The molecule has 1 aliphatic carbocycles. The Bertz CT molecular complexity index is 483. The van der Waals surface area contributed by atoms with Gasteiger partial charge in [0, 0.05) is 31.5 Å². The summed E-state index contributed by atoms with van der Waals surface area (Å²) in [6, 6.07) is 0.575. The molecule has 0 saturated heterocycles. The minimum atomic E-state index is 0. The summed E-state index contributed by atoms with van der Waals surface area (Å²) in [5.41, 5.74) is 0. The van der Waals surface area contributed by atoms with Gasteiger partial charge in [0.05, 0.1) is 0 Å². The van der Waals surface area contributed by atoms with Crippen LogP contribution in [-0.2, 0) is 6.42 Å². The van der Waals surface area contributed by atoms with Gasteiger partial charge in [-0.25, -0.2) is 0 Å². The normalized spacial score (nSPS) is 16.1. The van der Waals surface area contributed by atoms with E-state index in [4.69, 9.17) is 4.52 Å². The first-order valence-corrected chi connectivity index (χ1v) is 9.06. The van der Waals surface area contributed by atoms with Crippen molar-refractivity contribution in [2.75, 3.05) is 13.1 Å². The molecule has 6 nitrogen and oxygen atoms in total. The number of guanidine groups is 1. The second kappa shape index (κ2) is 11.7. The van der Waals surface area contributed by atoms with Crippen molar-refractivity contribution in [3.8, 4) is 0 Å².